The van der Waals surface area contributed by atoms with Crippen LogP contribution in [-0.4, -0.2) is 41.7 Å². The van der Waals surface area contributed by atoms with Gasteiger partial charge in [0.25, 0.3) is 0 Å². The van der Waals surface area contributed by atoms with Crippen molar-refractivity contribution in [1.29, 1.82) is 0 Å². The summed E-state index contributed by atoms with van der Waals surface area (Å²) >= 11 is 0. The number of aromatic nitrogens is 6. The molecular weight excluding hydrogens is 365 g/mol. The van der Waals surface area contributed by atoms with Crippen LogP contribution in [0.3, 0.4) is 0 Å². The molecule has 3 aromatic heterocycles. The average Bonchev–Trinajstić information content (AvgIpc) is 3.08. The first kappa shape index (κ1) is 17.4. The summed E-state index contributed by atoms with van der Waals surface area (Å²) in [5, 5.41) is 12.6. The van der Waals surface area contributed by atoms with Gasteiger partial charge < -0.3 is 5.73 Å². The molecule has 0 saturated carbocycles. The minimum Gasteiger partial charge on any atom is -0.350 e. The van der Waals surface area contributed by atoms with E-state index in [0.717, 1.165) is 5.39 Å². The second-order valence-corrected chi connectivity index (χ2v) is 5.96. The van der Waals surface area contributed by atoms with Crippen molar-refractivity contribution in [1.82, 2.24) is 35.4 Å². The highest BCUT2D eigenvalue weighted by molar-refractivity contribution is 5.98. The molecule has 0 radical (unpaired) electrons. The van der Waals surface area contributed by atoms with Crippen molar-refractivity contribution in [3.05, 3.63) is 53.7 Å². The first-order valence-electron chi connectivity index (χ1n) is 8.21. The first-order chi connectivity index (χ1) is 13.5. The molecule has 2 amide bonds. The lowest BCUT2D eigenvalue weighted by Crippen LogP contribution is -2.25. The Hall–Kier alpha value is -4.02. The quantitative estimate of drug-likeness (QED) is 0.406. The number of hydrazone groups is 1. The topological polar surface area (TPSA) is 137 Å². The third-order valence-corrected chi connectivity index (χ3v) is 4.02. The van der Waals surface area contributed by atoms with E-state index in [0.29, 0.717) is 33.8 Å². The van der Waals surface area contributed by atoms with Crippen molar-refractivity contribution in [2.45, 2.75) is 13.5 Å². The SMILES string of the molecule is C/C(=N/NC(N)=O)c1cnc2nnn(Cc3cc4cccnc4cc3F)c2n1. The Balaban J connectivity index is 1.71. The zero-order valence-electron chi connectivity index (χ0n) is 14.7. The summed E-state index contributed by atoms with van der Waals surface area (Å²) in [5.74, 6) is -0.401. The lowest BCUT2D eigenvalue weighted by Gasteiger charge is -2.06. The predicted octanol–water partition coefficient (Wildman–Crippen LogP) is 1.35. The Bertz CT molecular complexity index is 1230. The third kappa shape index (κ3) is 3.32. The van der Waals surface area contributed by atoms with Crippen LogP contribution in [-0.2, 0) is 6.54 Å². The molecule has 0 bridgehead atoms. The Morgan fingerprint density at radius 2 is 2.21 bits per heavy atom. The maximum atomic E-state index is 14.5. The van der Waals surface area contributed by atoms with Crippen molar-refractivity contribution in [3.63, 3.8) is 0 Å². The molecule has 140 valence electrons. The number of primary amides is 1. The van der Waals surface area contributed by atoms with E-state index in [1.54, 1.807) is 25.3 Å². The van der Waals surface area contributed by atoms with Gasteiger partial charge in [-0.05, 0) is 19.1 Å². The number of pyridine rings is 1. The van der Waals surface area contributed by atoms with Crippen molar-refractivity contribution >= 4 is 33.9 Å². The molecule has 4 rings (SSSR count). The summed E-state index contributed by atoms with van der Waals surface area (Å²) in [4.78, 5) is 23.5. The van der Waals surface area contributed by atoms with Crippen molar-refractivity contribution in [3.8, 4) is 0 Å². The summed E-state index contributed by atoms with van der Waals surface area (Å²) in [6.45, 7) is 1.75. The van der Waals surface area contributed by atoms with Crippen LogP contribution in [0.1, 0.15) is 18.2 Å². The number of carbonyl (C=O) groups excluding carboxylic acids is 1. The van der Waals surface area contributed by atoms with Gasteiger partial charge in [-0.15, -0.1) is 5.10 Å². The molecule has 28 heavy (non-hydrogen) atoms. The molecule has 1 aromatic carbocycles. The summed E-state index contributed by atoms with van der Waals surface area (Å²) in [6.07, 6.45) is 3.06. The lowest BCUT2D eigenvalue weighted by molar-refractivity contribution is 0.249. The lowest BCUT2D eigenvalue weighted by atomic mass is 10.1. The van der Waals surface area contributed by atoms with Crippen molar-refractivity contribution in [2.24, 2.45) is 10.8 Å². The molecule has 0 aliphatic heterocycles. The number of fused-ring (bicyclic) bond motifs is 2. The average molecular weight is 379 g/mol. The predicted molar refractivity (Wildman–Crippen MR) is 98.9 cm³/mol. The molecule has 3 heterocycles. The van der Waals surface area contributed by atoms with Crippen LogP contribution < -0.4 is 11.2 Å². The largest absolute Gasteiger partial charge is 0.350 e. The van der Waals surface area contributed by atoms with Crippen molar-refractivity contribution in [2.75, 3.05) is 0 Å². The summed E-state index contributed by atoms with van der Waals surface area (Å²) < 4.78 is 15.9. The van der Waals surface area contributed by atoms with Gasteiger partial charge in [0.1, 0.15) is 11.5 Å². The molecule has 0 aliphatic rings. The number of nitrogens with two attached hydrogens (primary N) is 1. The van der Waals surface area contributed by atoms with Crippen LogP contribution in [0.25, 0.3) is 22.2 Å². The van der Waals surface area contributed by atoms with E-state index in [1.807, 2.05) is 6.07 Å². The summed E-state index contributed by atoms with van der Waals surface area (Å²) in [5.41, 5.74) is 9.57. The van der Waals surface area contributed by atoms with Gasteiger partial charge in [-0.3, -0.25) is 4.98 Å². The zero-order chi connectivity index (χ0) is 19.7. The first-order valence-corrected chi connectivity index (χ1v) is 8.21. The van der Waals surface area contributed by atoms with Gasteiger partial charge >= 0.3 is 6.03 Å². The van der Waals surface area contributed by atoms with Crippen molar-refractivity contribution < 1.29 is 9.18 Å². The number of halogens is 1. The Morgan fingerprint density at radius 3 is 3.04 bits per heavy atom. The Morgan fingerprint density at radius 1 is 1.36 bits per heavy atom. The number of hydrogen-bond acceptors (Lipinski definition) is 7. The monoisotopic (exact) mass is 379 g/mol. The van der Waals surface area contributed by atoms with E-state index in [9.17, 15) is 9.18 Å². The molecule has 0 atom stereocenters. The minimum absolute atomic E-state index is 0.112. The summed E-state index contributed by atoms with van der Waals surface area (Å²) in [6, 6.07) is 5.95. The number of amides is 2. The van der Waals surface area contributed by atoms with E-state index < -0.39 is 11.8 Å². The molecule has 0 spiro atoms. The highest BCUT2D eigenvalue weighted by atomic mass is 19.1. The second kappa shape index (κ2) is 6.95. The molecule has 0 fully saturated rings. The fraction of sp³-hybridized carbons (Fsp3) is 0.118. The van der Waals surface area contributed by atoms with E-state index in [2.05, 4.69) is 35.8 Å². The van der Waals surface area contributed by atoms with Crippen LogP contribution in [0.15, 0.2) is 41.8 Å². The molecular formula is C17H14FN9O. The standard InChI is InChI=1S/C17H14FN9O/c1-9(23-25-17(19)28)14-7-21-15-16(22-14)27(26-24-15)8-11-5-10-3-2-4-20-13(10)6-12(11)18/h2-7H,8H2,1H3,(H3,19,25,28)/b23-9-. The third-order valence-electron chi connectivity index (χ3n) is 4.02. The van der Waals surface area contributed by atoms with Crippen LogP contribution >= 0.6 is 0 Å². The van der Waals surface area contributed by atoms with E-state index in [-0.39, 0.29) is 6.54 Å². The Kier molecular flexibility index (Phi) is 4.32. The van der Waals surface area contributed by atoms with Gasteiger partial charge in [0, 0.05) is 23.2 Å². The molecule has 3 N–H and O–H groups in total. The highest BCUT2D eigenvalue weighted by Crippen LogP contribution is 2.19. The molecule has 0 aliphatic carbocycles. The molecule has 11 heteroatoms. The number of hydrogen-bond donors (Lipinski definition) is 2. The number of nitrogens with zero attached hydrogens (tertiary/aromatic N) is 7. The van der Waals surface area contributed by atoms with Crippen LogP contribution in [0, 0.1) is 5.82 Å². The summed E-state index contributed by atoms with van der Waals surface area (Å²) in [7, 11) is 0. The molecule has 10 nitrogen and oxygen atoms in total. The van der Waals surface area contributed by atoms with Crippen LogP contribution in [0.4, 0.5) is 9.18 Å². The minimum atomic E-state index is -0.790. The molecule has 0 saturated heterocycles. The normalized spacial score (nSPS) is 11.9. The number of rotatable bonds is 4. The number of carbonyl (C=O) groups is 1. The van der Waals surface area contributed by atoms with Gasteiger partial charge in [-0.2, -0.15) is 5.10 Å². The molecule has 0 unspecified atom stereocenters. The Labute approximate surface area is 157 Å². The molecule has 4 aromatic rings. The zero-order valence-corrected chi connectivity index (χ0v) is 14.7. The maximum absolute atomic E-state index is 14.5. The van der Waals surface area contributed by atoms with Gasteiger partial charge in [0.15, 0.2) is 5.65 Å². The van der Waals surface area contributed by atoms with E-state index >= 15 is 0 Å². The van der Waals surface area contributed by atoms with Gasteiger partial charge in [-0.25, -0.2) is 29.3 Å². The number of urea groups is 1. The van der Waals surface area contributed by atoms with Gasteiger partial charge in [-0.1, -0.05) is 11.3 Å². The number of nitrogens with one attached hydrogen (secondary N) is 1. The van der Waals surface area contributed by atoms with Crippen LogP contribution in [0.5, 0.6) is 0 Å². The van der Waals surface area contributed by atoms with E-state index in [4.69, 9.17) is 5.73 Å². The van der Waals surface area contributed by atoms with E-state index in [1.165, 1.54) is 16.9 Å². The smallest absolute Gasteiger partial charge is 0.332 e. The van der Waals surface area contributed by atoms with Gasteiger partial charge in [0.05, 0.1) is 24.0 Å². The maximum Gasteiger partial charge on any atom is 0.332 e. The van der Waals surface area contributed by atoms with Gasteiger partial charge in [0.2, 0.25) is 5.65 Å². The second-order valence-electron chi connectivity index (χ2n) is 5.96. The highest BCUT2D eigenvalue weighted by Gasteiger charge is 2.13. The fourth-order valence-electron chi connectivity index (χ4n) is 2.66. The fourth-order valence-corrected chi connectivity index (χ4v) is 2.66. The number of benzene rings is 1. The van der Waals surface area contributed by atoms with Crippen LogP contribution in [0.2, 0.25) is 0 Å².